The van der Waals surface area contributed by atoms with Crippen LogP contribution in [-0.2, 0) is 0 Å². The fourth-order valence-electron chi connectivity index (χ4n) is 4.08. The molecule has 2 aliphatic rings. The van der Waals surface area contributed by atoms with Crippen molar-refractivity contribution in [2.45, 2.75) is 46.0 Å². The predicted octanol–water partition coefficient (Wildman–Crippen LogP) is 2.10. The molecule has 0 saturated carbocycles. The van der Waals surface area contributed by atoms with Crippen molar-refractivity contribution in [3.8, 4) is 0 Å². The highest BCUT2D eigenvalue weighted by molar-refractivity contribution is 5.80. The van der Waals surface area contributed by atoms with Crippen molar-refractivity contribution in [2.75, 3.05) is 66.0 Å². The standard InChI is InChI=1S/C19H39N5/c1-4-11-22(5-2)15-10-21-19(20-3)24-14-9-18(17-24)16-23-12-7-6-8-13-23/h18H,4-17H2,1-3H3,(H,20,21). The molecule has 140 valence electrons. The third kappa shape index (κ3) is 6.25. The monoisotopic (exact) mass is 337 g/mol. The molecule has 0 aliphatic carbocycles. The van der Waals surface area contributed by atoms with E-state index in [4.69, 9.17) is 0 Å². The van der Waals surface area contributed by atoms with Crippen LogP contribution in [0.5, 0.6) is 0 Å². The highest BCUT2D eigenvalue weighted by atomic mass is 15.3. The first-order valence-electron chi connectivity index (χ1n) is 10.2. The zero-order chi connectivity index (χ0) is 17.2. The van der Waals surface area contributed by atoms with E-state index in [1.54, 1.807) is 0 Å². The highest BCUT2D eigenvalue weighted by Gasteiger charge is 2.26. The molecule has 5 heteroatoms. The summed E-state index contributed by atoms with van der Waals surface area (Å²) in [5.74, 6) is 1.91. The van der Waals surface area contributed by atoms with Gasteiger partial charge in [-0.2, -0.15) is 0 Å². The first-order valence-corrected chi connectivity index (χ1v) is 10.2. The smallest absolute Gasteiger partial charge is 0.193 e. The van der Waals surface area contributed by atoms with E-state index in [0.29, 0.717) is 0 Å². The lowest BCUT2D eigenvalue weighted by atomic mass is 10.1. The number of piperidine rings is 1. The summed E-state index contributed by atoms with van der Waals surface area (Å²) >= 11 is 0. The molecule has 0 radical (unpaired) electrons. The number of aliphatic imine (C=N–C) groups is 1. The Morgan fingerprint density at radius 3 is 2.58 bits per heavy atom. The Morgan fingerprint density at radius 2 is 1.92 bits per heavy atom. The lowest BCUT2D eigenvalue weighted by Crippen LogP contribution is -2.44. The SMILES string of the molecule is CCCN(CC)CCNC(=NC)N1CCC(CN2CCCCC2)C1. The van der Waals surface area contributed by atoms with Crippen LogP contribution in [0, 0.1) is 5.92 Å². The van der Waals surface area contributed by atoms with Crippen LogP contribution in [0.4, 0.5) is 0 Å². The molecule has 2 rings (SSSR count). The minimum Gasteiger partial charge on any atom is -0.355 e. The third-order valence-corrected chi connectivity index (χ3v) is 5.46. The van der Waals surface area contributed by atoms with Gasteiger partial charge in [0.25, 0.3) is 0 Å². The number of rotatable bonds is 8. The van der Waals surface area contributed by atoms with Gasteiger partial charge in [-0.05, 0) is 57.8 Å². The maximum absolute atomic E-state index is 4.52. The molecule has 0 aromatic heterocycles. The van der Waals surface area contributed by atoms with E-state index >= 15 is 0 Å². The molecular weight excluding hydrogens is 298 g/mol. The molecular formula is C19H39N5. The molecule has 1 N–H and O–H groups in total. The normalized spacial score (nSPS) is 23.2. The van der Waals surface area contributed by atoms with Crippen molar-refractivity contribution in [1.29, 1.82) is 0 Å². The van der Waals surface area contributed by atoms with Gasteiger partial charge in [0, 0.05) is 39.8 Å². The number of likely N-dealkylation sites (N-methyl/N-ethyl adjacent to an activating group) is 1. The predicted molar refractivity (Wildman–Crippen MR) is 104 cm³/mol. The van der Waals surface area contributed by atoms with Gasteiger partial charge in [-0.3, -0.25) is 4.99 Å². The van der Waals surface area contributed by atoms with Gasteiger partial charge < -0.3 is 20.0 Å². The Kier molecular flexibility index (Phi) is 8.89. The quantitative estimate of drug-likeness (QED) is 0.543. The van der Waals surface area contributed by atoms with Crippen molar-refractivity contribution in [3.05, 3.63) is 0 Å². The van der Waals surface area contributed by atoms with E-state index in [-0.39, 0.29) is 0 Å². The van der Waals surface area contributed by atoms with Crippen LogP contribution in [-0.4, -0.2) is 86.6 Å². The summed E-state index contributed by atoms with van der Waals surface area (Å²) in [4.78, 5) is 12.2. The van der Waals surface area contributed by atoms with Gasteiger partial charge in [-0.1, -0.05) is 20.3 Å². The molecule has 2 fully saturated rings. The van der Waals surface area contributed by atoms with E-state index < -0.39 is 0 Å². The molecule has 0 amide bonds. The fourth-order valence-corrected chi connectivity index (χ4v) is 4.08. The molecule has 0 bridgehead atoms. The van der Waals surface area contributed by atoms with Crippen molar-refractivity contribution in [1.82, 2.24) is 20.0 Å². The third-order valence-electron chi connectivity index (χ3n) is 5.46. The molecule has 1 atom stereocenters. The molecule has 1 unspecified atom stereocenters. The minimum absolute atomic E-state index is 0.814. The number of guanidine groups is 1. The van der Waals surface area contributed by atoms with Gasteiger partial charge in [0.2, 0.25) is 0 Å². The molecule has 5 nitrogen and oxygen atoms in total. The Hall–Kier alpha value is -0.810. The molecule has 0 aromatic rings. The highest BCUT2D eigenvalue weighted by Crippen LogP contribution is 2.19. The number of hydrogen-bond donors (Lipinski definition) is 1. The average molecular weight is 338 g/mol. The summed E-state index contributed by atoms with van der Waals surface area (Å²) in [5.41, 5.74) is 0. The maximum atomic E-state index is 4.52. The van der Waals surface area contributed by atoms with Crippen LogP contribution >= 0.6 is 0 Å². The van der Waals surface area contributed by atoms with Crippen LogP contribution < -0.4 is 5.32 Å². The Labute approximate surface area is 149 Å². The van der Waals surface area contributed by atoms with E-state index in [0.717, 1.165) is 38.1 Å². The molecule has 0 spiro atoms. The Bertz CT molecular complexity index is 365. The number of likely N-dealkylation sites (tertiary alicyclic amines) is 2. The van der Waals surface area contributed by atoms with Gasteiger partial charge >= 0.3 is 0 Å². The number of nitrogens with one attached hydrogen (secondary N) is 1. The van der Waals surface area contributed by atoms with E-state index in [1.165, 1.54) is 64.8 Å². The molecule has 2 heterocycles. The van der Waals surface area contributed by atoms with Crippen LogP contribution in [0.15, 0.2) is 4.99 Å². The van der Waals surface area contributed by atoms with E-state index in [1.807, 2.05) is 7.05 Å². The van der Waals surface area contributed by atoms with Gasteiger partial charge in [-0.25, -0.2) is 0 Å². The second kappa shape index (κ2) is 10.9. The van der Waals surface area contributed by atoms with Crippen molar-refractivity contribution >= 4 is 5.96 Å². The van der Waals surface area contributed by atoms with Crippen molar-refractivity contribution < 1.29 is 0 Å². The molecule has 0 aromatic carbocycles. The van der Waals surface area contributed by atoms with Crippen LogP contribution in [0.2, 0.25) is 0 Å². The van der Waals surface area contributed by atoms with E-state index in [2.05, 4.69) is 38.9 Å². The minimum atomic E-state index is 0.814. The molecule has 24 heavy (non-hydrogen) atoms. The van der Waals surface area contributed by atoms with Gasteiger partial charge in [0.1, 0.15) is 0 Å². The topological polar surface area (TPSA) is 34.1 Å². The summed E-state index contributed by atoms with van der Waals surface area (Å²) in [5, 5.41) is 3.58. The Balaban J connectivity index is 1.69. The van der Waals surface area contributed by atoms with Gasteiger partial charge in [-0.15, -0.1) is 0 Å². The Morgan fingerprint density at radius 1 is 1.12 bits per heavy atom. The maximum Gasteiger partial charge on any atom is 0.193 e. The van der Waals surface area contributed by atoms with Gasteiger partial charge in [0.05, 0.1) is 0 Å². The first kappa shape index (κ1) is 19.5. The first-order chi connectivity index (χ1) is 11.8. The van der Waals surface area contributed by atoms with Crippen molar-refractivity contribution in [3.63, 3.8) is 0 Å². The molecule has 2 aliphatic heterocycles. The van der Waals surface area contributed by atoms with E-state index in [9.17, 15) is 0 Å². The number of hydrogen-bond acceptors (Lipinski definition) is 3. The zero-order valence-electron chi connectivity index (χ0n) is 16.3. The summed E-state index contributed by atoms with van der Waals surface area (Å²) < 4.78 is 0. The summed E-state index contributed by atoms with van der Waals surface area (Å²) in [6, 6.07) is 0. The number of nitrogens with zero attached hydrogens (tertiary/aromatic N) is 4. The largest absolute Gasteiger partial charge is 0.355 e. The van der Waals surface area contributed by atoms with Crippen LogP contribution in [0.3, 0.4) is 0 Å². The second-order valence-electron chi connectivity index (χ2n) is 7.37. The molecule has 2 saturated heterocycles. The van der Waals surface area contributed by atoms with Crippen LogP contribution in [0.25, 0.3) is 0 Å². The van der Waals surface area contributed by atoms with Gasteiger partial charge in [0.15, 0.2) is 5.96 Å². The van der Waals surface area contributed by atoms with Crippen molar-refractivity contribution in [2.24, 2.45) is 10.9 Å². The summed E-state index contributed by atoms with van der Waals surface area (Å²) in [7, 11) is 1.92. The average Bonchev–Trinajstić information content (AvgIpc) is 3.07. The van der Waals surface area contributed by atoms with Crippen LogP contribution in [0.1, 0.15) is 46.0 Å². The second-order valence-corrected chi connectivity index (χ2v) is 7.37. The lowest BCUT2D eigenvalue weighted by Gasteiger charge is -2.29. The lowest BCUT2D eigenvalue weighted by molar-refractivity contribution is 0.198. The fraction of sp³-hybridized carbons (Fsp3) is 0.947. The summed E-state index contributed by atoms with van der Waals surface area (Å²) in [6.45, 7) is 15.2. The summed E-state index contributed by atoms with van der Waals surface area (Å²) in [6.07, 6.45) is 6.76. The zero-order valence-corrected chi connectivity index (χ0v) is 16.3.